The summed E-state index contributed by atoms with van der Waals surface area (Å²) in [6, 6.07) is 0. The van der Waals surface area contributed by atoms with Crippen LogP contribution in [0.2, 0.25) is 0 Å². The van der Waals surface area contributed by atoms with Gasteiger partial charge in [-0.05, 0) is 44.4 Å². The zero-order chi connectivity index (χ0) is 11.3. The molecule has 0 aliphatic rings. The normalized spacial score (nSPS) is 11.3. The van der Waals surface area contributed by atoms with Crippen LogP contribution in [0.15, 0.2) is 8.89 Å². The van der Waals surface area contributed by atoms with Gasteiger partial charge >= 0.3 is 0 Å². The van der Waals surface area contributed by atoms with Crippen molar-refractivity contribution in [2.24, 2.45) is 0 Å². The molecule has 0 spiro atoms. The smallest absolute Gasteiger partial charge is 0.227 e. The first-order chi connectivity index (χ1) is 6.95. The summed E-state index contributed by atoms with van der Waals surface area (Å²) in [7, 11) is 0. The molecule has 15 heavy (non-hydrogen) atoms. The standard InChI is InChI=1S/C12H12BrO2/c1-5-6(2)12-9(7(3)10(5)13)11(14)8(4)15-12/h1-4H3. The van der Waals surface area contributed by atoms with Crippen LogP contribution >= 0.6 is 15.9 Å². The predicted molar refractivity (Wildman–Crippen MR) is 63.0 cm³/mol. The summed E-state index contributed by atoms with van der Waals surface area (Å²) in [6.45, 7) is 7.65. The van der Waals surface area contributed by atoms with Crippen LogP contribution in [-0.2, 0) is 5.11 Å². The van der Waals surface area contributed by atoms with Crippen molar-refractivity contribution < 1.29 is 9.52 Å². The minimum absolute atomic E-state index is 0.00583. The lowest BCUT2D eigenvalue weighted by Crippen LogP contribution is -1.88. The third-order valence-corrected chi connectivity index (χ3v) is 4.16. The quantitative estimate of drug-likeness (QED) is 0.688. The Balaban J connectivity index is 3.07. The van der Waals surface area contributed by atoms with E-state index < -0.39 is 0 Å². The van der Waals surface area contributed by atoms with Gasteiger partial charge in [-0.3, -0.25) is 5.11 Å². The Morgan fingerprint density at radius 2 is 1.60 bits per heavy atom. The van der Waals surface area contributed by atoms with E-state index in [0.29, 0.717) is 11.1 Å². The van der Waals surface area contributed by atoms with Crippen molar-refractivity contribution >= 4 is 26.9 Å². The highest BCUT2D eigenvalue weighted by molar-refractivity contribution is 9.10. The van der Waals surface area contributed by atoms with E-state index in [1.54, 1.807) is 6.92 Å². The van der Waals surface area contributed by atoms with Crippen molar-refractivity contribution in [1.82, 2.24) is 0 Å². The highest BCUT2D eigenvalue weighted by Gasteiger charge is 2.19. The average molecular weight is 268 g/mol. The third-order valence-electron chi connectivity index (χ3n) is 2.97. The minimum atomic E-state index is 0.00583. The van der Waals surface area contributed by atoms with Crippen molar-refractivity contribution in [3.63, 3.8) is 0 Å². The van der Waals surface area contributed by atoms with Crippen LogP contribution in [0.4, 0.5) is 0 Å². The molecule has 0 amide bonds. The molecule has 1 aromatic heterocycles. The van der Waals surface area contributed by atoms with Gasteiger partial charge in [-0.1, -0.05) is 15.9 Å². The molecule has 1 aromatic carbocycles. The average Bonchev–Trinajstić information content (AvgIpc) is 2.50. The molecule has 79 valence electrons. The van der Waals surface area contributed by atoms with Crippen LogP contribution in [0.25, 0.3) is 11.0 Å². The number of furan rings is 1. The molecule has 0 N–H and O–H groups in total. The van der Waals surface area contributed by atoms with Gasteiger partial charge in [0.05, 0.1) is 5.39 Å². The topological polar surface area (TPSA) is 33.0 Å². The maximum Gasteiger partial charge on any atom is 0.227 e. The molecule has 2 aromatic rings. The van der Waals surface area contributed by atoms with E-state index in [4.69, 9.17) is 4.42 Å². The lowest BCUT2D eigenvalue weighted by Gasteiger charge is -2.07. The summed E-state index contributed by atoms with van der Waals surface area (Å²) in [5.74, 6) is 0.472. The monoisotopic (exact) mass is 267 g/mol. The first-order valence-corrected chi connectivity index (χ1v) is 5.59. The van der Waals surface area contributed by atoms with Gasteiger partial charge < -0.3 is 4.42 Å². The molecular weight excluding hydrogens is 256 g/mol. The van der Waals surface area contributed by atoms with Crippen LogP contribution in [0, 0.1) is 27.7 Å². The second-order valence-corrected chi connectivity index (χ2v) is 4.67. The van der Waals surface area contributed by atoms with Crippen LogP contribution in [0.5, 0.6) is 5.75 Å². The van der Waals surface area contributed by atoms with E-state index in [2.05, 4.69) is 15.9 Å². The number of hydrogen-bond acceptors (Lipinski definition) is 1. The summed E-state index contributed by atoms with van der Waals surface area (Å²) in [4.78, 5) is 0. The lowest BCUT2D eigenvalue weighted by molar-refractivity contribution is 0.345. The Bertz CT molecular complexity index is 553. The van der Waals surface area contributed by atoms with E-state index in [-0.39, 0.29) is 5.75 Å². The van der Waals surface area contributed by atoms with Crippen LogP contribution < -0.4 is 0 Å². The number of aryl methyl sites for hydroxylation is 3. The molecule has 0 atom stereocenters. The third kappa shape index (κ3) is 1.29. The zero-order valence-electron chi connectivity index (χ0n) is 9.19. The molecule has 0 saturated heterocycles. The number of rotatable bonds is 0. The Labute approximate surface area is 97.0 Å². The molecule has 0 bridgehead atoms. The van der Waals surface area contributed by atoms with E-state index in [0.717, 1.165) is 26.7 Å². The van der Waals surface area contributed by atoms with E-state index >= 15 is 0 Å². The summed E-state index contributed by atoms with van der Waals surface area (Å²) >= 11 is 3.51. The maximum atomic E-state index is 11.9. The van der Waals surface area contributed by atoms with Gasteiger partial charge in [0.1, 0.15) is 11.3 Å². The molecule has 0 fully saturated rings. The fraction of sp³-hybridized carbons (Fsp3) is 0.333. The fourth-order valence-corrected chi connectivity index (χ4v) is 2.36. The van der Waals surface area contributed by atoms with Crippen molar-refractivity contribution in [2.45, 2.75) is 27.7 Å². The number of halogens is 1. The fourth-order valence-electron chi connectivity index (χ4n) is 1.86. The molecule has 3 heteroatoms. The number of benzene rings is 1. The van der Waals surface area contributed by atoms with Gasteiger partial charge in [-0.15, -0.1) is 0 Å². The second-order valence-electron chi connectivity index (χ2n) is 3.88. The van der Waals surface area contributed by atoms with Crippen LogP contribution in [-0.4, -0.2) is 0 Å². The molecule has 0 aliphatic carbocycles. The summed E-state index contributed by atoms with van der Waals surface area (Å²) in [6.07, 6.45) is 0. The first kappa shape index (κ1) is 10.6. The van der Waals surface area contributed by atoms with Gasteiger partial charge in [0.2, 0.25) is 5.75 Å². The molecule has 1 radical (unpaired) electrons. The Kier molecular flexibility index (Phi) is 2.30. The van der Waals surface area contributed by atoms with Crippen LogP contribution in [0.1, 0.15) is 22.5 Å². The predicted octanol–water partition coefficient (Wildman–Crippen LogP) is 4.57. The van der Waals surface area contributed by atoms with Crippen LogP contribution in [0.3, 0.4) is 0 Å². The van der Waals surface area contributed by atoms with Gasteiger partial charge in [-0.2, -0.15) is 0 Å². The first-order valence-electron chi connectivity index (χ1n) is 4.80. The zero-order valence-corrected chi connectivity index (χ0v) is 10.8. The summed E-state index contributed by atoms with van der Waals surface area (Å²) < 4.78 is 6.52. The molecule has 2 rings (SSSR count). The Hall–Kier alpha value is -0.960. The molecule has 1 heterocycles. The van der Waals surface area contributed by atoms with Crippen molar-refractivity contribution in [3.8, 4) is 5.75 Å². The maximum absolute atomic E-state index is 11.9. The summed E-state index contributed by atoms with van der Waals surface area (Å²) in [5.41, 5.74) is 3.87. The minimum Gasteiger partial charge on any atom is -0.457 e. The molecule has 2 nitrogen and oxygen atoms in total. The SMILES string of the molecule is Cc1oc2c(C)c(C)c(Br)c(C)c2c1[O]. The Morgan fingerprint density at radius 1 is 1.00 bits per heavy atom. The lowest BCUT2D eigenvalue weighted by atomic mass is 10.0. The van der Waals surface area contributed by atoms with Crippen molar-refractivity contribution in [1.29, 1.82) is 0 Å². The largest absolute Gasteiger partial charge is 0.457 e. The van der Waals surface area contributed by atoms with E-state index in [1.807, 2.05) is 20.8 Å². The van der Waals surface area contributed by atoms with Crippen molar-refractivity contribution in [3.05, 3.63) is 26.9 Å². The van der Waals surface area contributed by atoms with E-state index in [9.17, 15) is 5.11 Å². The highest BCUT2D eigenvalue weighted by Crippen LogP contribution is 2.41. The van der Waals surface area contributed by atoms with Gasteiger partial charge in [0.25, 0.3) is 0 Å². The number of hydrogen-bond donors (Lipinski definition) is 0. The second kappa shape index (κ2) is 3.27. The van der Waals surface area contributed by atoms with E-state index in [1.165, 1.54) is 0 Å². The van der Waals surface area contributed by atoms with Gasteiger partial charge in [-0.25, -0.2) is 0 Å². The molecule has 0 aliphatic heterocycles. The van der Waals surface area contributed by atoms with Crippen molar-refractivity contribution in [2.75, 3.05) is 0 Å². The molecule has 0 saturated carbocycles. The molecule has 0 unspecified atom stereocenters. The number of fused-ring (bicyclic) bond motifs is 1. The Morgan fingerprint density at radius 3 is 2.20 bits per heavy atom. The highest BCUT2D eigenvalue weighted by atomic mass is 79.9. The van der Waals surface area contributed by atoms with Gasteiger partial charge in [0, 0.05) is 4.47 Å². The van der Waals surface area contributed by atoms with Gasteiger partial charge in [0.15, 0.2) is 0 Å². The molecular formula is C12H12BrO2. The summed E-state index contributed by atoms with van der Waals surface area (Å²) in [5, 5.41) is 12.6.